The number of nitrogens with two attached hydrogens (primary N) is 1. The molecule has 1 unspecified atom stereocenters. The first-order chi connectivity index (χ1) is 6.02. The topological polar surface area (TPSA) is 70.0 Å². The molecule has 0 amide bonds. The lowest BCUT2D eigenvalue weighted by atomic mass is 10.3. The van der Waals surface area contributed by atoms with Gasteiger partial charge in [0.05, 0.1) is 0 Å². The molecule has 1 rings (SSSR count). The summed E-state index contributed by atoms with van der Waals surface area (Å²) in [5.74, 6) is 0. The van der Waals surface area contributed by atoms with Crippen molar-refractivity contribution >= 4 is 0 Å². The molecule has 0 aromatic carbocycles. The molecule has 5 nitrogen and oxygen atoms in total. The molecule has 0 bridgehead atoms. The van der Waals surface area contributed by atoms with Crippen molar-refractivity contribution in [3.8, 4) is 0 Å². The smallest absolute Gasteiger partial charge is 0.316 e. The van der Waals surface area contributed by atoms with Crippen LogP contribution in [0.5, 0.6) is 0 Å². The Balaban J connectivity index is 3.20. The first-order valence-corrected chi connectivity index (χ1v) is 4.04. The molecule has 0 saturated carbocycles. The van der Waals surface area contributed by atoms with Crippen molar-refractivity contribution in [1.29, 1.82) is 0 Å². The summed E-state index contributed by atoms with van der Waals surface area (Å²) in [4.78, 5) is 22.5. The summed E-state index contributed by atoms with van der Waals surface area (Å²) in [7, 11) is 1.54. The van der Waals surface area contributed by atoms with Gasteiger partial charge < -0.3 is 14.9 Å². The lowest BCUT2D eigenvalue weighted by molar-refractivity contribution is 0.559. The minimum atomic E-state index is -0.526. The van der Waals surface area contributed by atoms with E-state index in [1.165, 1.54) is 9.13 Å². The third kappa shape index (κ3) is 2.06. The van der Waals surface area contributed by atoms with Crippen LogP contribution in [0.4, 0.5) is 0 Å². The van der Waals surface area contributed by atoms with Crippen LogP contribution in [-0.2, 0) is 13.6 Å². The van der Waals surface area contributed by atoms with Crippen LogP contribution in [0.25, 0.3) is 0 Å². The molecule has 5 heteroatoms. The number of rotatable bonds is 2. The number of nitrogens with zero attached hydrogens (tertiary/aromatic N) is 2. The zero-order valence-electron chi connectivity index (χ0n) is 7.73. The van der Waals surface area contributed by atoms with Crippen LogP contribution in [-0.4, -0.2) is 15.2 Å². The van der Waals surface area contributed by atoms with Crippen LogP contribution >= 0.6 is 0 Å². The molecule has 1 aromatic rings. The predicted octanol–water partition coefficient (Wildman–Crippen LogP) is -1.11. The number of hydrogen-bond donors (Lipinski definition) is 1. The summed E-state index contributed by atoms with van der Waals surface area (Å²) in [6.45, 7) is 2.15. The molecule has 1 atom stereocenters. The van der Waals surface area contributed by atoms with E-state index >= 15 is 0 Å². The summed E-state index contributed by atoms with van der Waals surface area (Å²) < 4.78 is 2.58. The van der Waals surface area contributed by atoms with Crippen molar-refractivity contribution < 1.29 is 0 Å². The van der Waals surface area contributed by atoms with Gasteiger partial charge in [0, 0.05) is 32.0 Å². The average Bonchev–Trinajstić information content (AvgIpc) is 2.06. The van der Waals surface area contributed by atoms with Crippen molar-refractivity contribution in [2.24, 2.45) is 12.8 Å². The summed E-state index contributed by atoms with van der Waals surface area (Å²) in [6.07, 6.45) is 3.11. The predicted molar refractivity (Wildman–Crippen MR) is 49.6 cm³/mol. The molecule has 0 radical (unpaired) electrons. The maximum atomic E-state index is 11.3. The van der Waals surface area contributed by atoms with Crippen molar-refractivity contribution in [3.05, 3.63) is 33.1 Å². The average molecular weight is 183 g/mol. The first kappa shape index (κ1) is 9.73. The van der Waals surface area contributed by atoms with Gasteiger partial charge in [-0.05, 0) is 6.92 Å². The molecule has 72 valence electrons. The molecule has 0 aliphatic carbocycles. The van der Waals surface area contributed by atoms with Gasteiger partial charge in [-0.3, -0.25) is 9.59 Å². The number of aromatic nitrogens is 2. The van der Waals surface area contributed by atoms with Gasteiger partial charge in [0.2, 0.25) is 0 Å². The van der Waals surface area contributed by atoms with E-state index in [-0.39, 0.29) is 6.04 Å². The van der Waals surface area contributed by atoms with E-state index in [0.717, 1.165) is 0 Å². The van der Waals surface area contributed by atoms with E-state index < -0.39 is 11.1 Å². The molecular formula is C8H13N3O2. The highest BCUT2D eigenvalue weighted by molar-refractivity contribution is 4.85. The Morgan fingerprint density at radius 3 is 2.54 bits per heavy atom. The quantitative estimate of drug-likeness (QED) is 0.591. The van der Waals surface area contributed by atoms with Crippen molar-refractivity contribution in [1.82, 2.24) is 9.13 Å². The second-order valence-electron chi connectivity index (χ2n) is 3.15. The van der Waals surface area contributed by atoms with E-state index in [4.69, 9.17) is 5.73 Å². The van der Waals surface area contributed by atoms with Crippen LogP contribution < -0.4 is 16.9 Å². The van der Waals surface area contributed by atoms with Crippen LogP contribution in [0, 0.1) is 0 Å². The minimum absolute atomic E-state index is 0.134. The first-order valence-electron chi connectivity index (χ1n) is 4.04. The van der Waals surface area contributed by atoms with Gasteiger partial charge in [-0.15, -0.1) is 0 Å². The van der Waals surface area contributed by atoms with E-state index in [2.05, 4.69) is 0 Å². The molecule has 0 fully saturated rings. The van der Waals surface area contributed by atoms with E-state index in [0.29, 0.717) is 6.54 Å². The van der Waals surface area contributed by atoms with Gasteiger partial charge in [-0.25, -0.2) is 0 Å². The third-order valence-corrected chi connectivity index (χ3v) is 1.72. The van der Waals surface area contributed by atoms with Crippen molar-refractivity contribution in [3.63, 3.8) is 0 Å². The SMILES string of the molecule is CC(N)Cn1ccn(C)c(=O)c1=O. The van der Waals surface area contributed by atoms with Gasteiger partial charge in [-0.1, -0.05) is 0 Å². The Bertz CT molecular complexity index is 403. The Morgan fingerprint density at radius 2 is 2.00 bits per heavy atom. The zero-order chi connectivity index (χ0) is 10.0. The van der Waals surface area contributed by atoms with Gasteiger partial charge >= 0.3 is 11.1 Å². The highest BCUT2D eigenvalue weighted by atomic mass is 16.2. The standard InChI is InChI=1S/C8H13N3O2/c1-6(9)5-11-4-3-10(2)7(12)8(11)13/h3-4,6H,5,9H2,1-2H3. The fourth-order valence-electron chi connectivity index (χ4n) is 1.04. The summed E-state index contributed by atoms with van der Waals surface area (Å²) in [5, 5.41) is 0. The maximum Gasteiger partial charge on any atom is 0.316 e. The van der Waals surface area contributed by atoms with E-state index in [1.807, 2.05) is 0 Å². The molecule has 0 saturated heterocycles. The molecule has 1 heterocycles. The lowest BCUT2D eigenvalue weighted by Crippen LogP contribution is -2.41. The Hall–Kier alpha value is -1.36. The minimum Gasteiger partial charge on any atom is -0.326 e. The fourth-order valence-corrected chi connectivity index (χ4v) is 1.04. The lowest BCUT2D eigenvalue weighted by Gasteiger charge is -2.08. The van der Waals surface area contributed by atoms with Crippen LogP contribution in [0.1, 0.15) is 6.92 Å². The summed E-state index contributed by atoms with van der Waals surface area (Å²) in [5.41, 5.74) is 4.46. The molecular weight excluding hydrogens is 170 g/mol. The second kappa shape index (κ2) is 3.57. The van der Waals surface area contributed by atoms with Crippen LogP contribution in [0.3, 0.4) is 0 Å². The van der Waals surface area contributed by atoms with Gasteiger partial charge in [-0.2, -0.15) is 0 Å². The Kier molecular flexibility index (Phi) is 2.67. The zero-order valence-corrected chi connectivity index (χ0v) is 7.73. The summed E-state index contributed by atoms with van der Waals surface area (Å²) in [6, 6.07) is -0.134. The van der Waals surface area contributed by atoms with Gasteiger partial charge in [0.1, 0.15) is 0 Å². The highest BCUT2D eigenvalue weighted by Gasteiger charge is 2.03. The Labute approximate surface area is 75.4 Å². The number of hydrogen-bond acceptors (Lipinski definition) is 3. The third-order valence-electron chi connectivity index (χ3n) is 1.72. The highest BCUT2D eigenvalue weighted by Crippen LogP contribution is 1.82. The monoisotopic (exact) mass is 183 g/mol. The maximum absolute atomic E-state index is 11.3. The largest absolute Gasteiger partial charge is 0.326 e. The molecule has 1 aromatic heterocycles. The normalized spacial score (nSPS) is 12.8. The van der Waals surface area contributed by atoms with Crippen molar-refractivity contribution in [2.45, 2.75) is 19.5 Å². The summed E-state index contributed by atoms with van der Waals surface area (Å²) >= 11 is 0. The second-order valence-corrected chi connectivity index (χ2v) is 3.15. The van der Waals surface area contributed by atoms with Gasteiger partial charge in [0.25, 0.3) is 0 Å². The molecule has 13 heavy (non-hydrogen) atoms. The van der Waals surface area contributed by atoms with Gasteiger partial charge in [0.15, 0.2) is 0 Å². The molecule has 0 aliphatic heterocycles. The van der Waals surface area contributed by atoms with Crippen LogP contribution in [0.2, 0.25) is 0 Å². The van der Waals surface area contributed by atoms with Crippen molar-refractivity contribution in [2.75, 3.05) is 0 Å². The fraction of sp³-hybridized carbons (Fsp3) is 0.500. The number of aryl methyl sites for hydroxylation is 1. The molecule has 2 N–H and O–H groups in total. The Morgan fingerprint density at radius 1 is 1.38 bits per heavy atom. The van der Waals surface area contributed by atoms with E-state index in [9.17, 15) is 9.59 Å². The van der Waals surface area contributed by atoms with E-state index in [1.54, 1.807) is 26.4 Å². The molecule has 0 aliphatic rings. The molecule has 0 spiro atoms. The van der Waals surface area contributed by atoms with Crippen LogP contribution in [0.15, 0.2) is 22.0 Å².